The zero-order valence-electron chi connectivity index (χ0n) is 22.6. The topological polar surface area (TPSA) is 111 Å². The highest BCUT2D eigenvalue weighted by molar-refractivity contribution is 5.95. The van der Waals surface area contributed by atoms with Crippen LogP contribution < -0.4 is 5.56 Å². The Balaban J connectivity index is 1.68. The van der Waals surface area contributed by atoms with Crippen molar-refractivity contribution in [2.24, 2.45) is 0 Å². The highest BCUT2D eigenvalue weighted by Crippen LogP contribution is 2.25. The number of nitrogens with zero attached hydrogens (tertiary/aromatic N) is 4. The van der Waals surface area contributed by atoms with Crippen molar-refractivity contribution in [2.45, 2.75) is 72.3 Å². The zero-order chi connectivity index (χ0) is 27.4. The molecular weight excluding hydrogens is 480 g/mol. The maximum atomic E-state index is 13.8. The molecule has 0 aliphatic rings. The van der Waals surface area contributed by atoms with Crippen LogP contribution in [-0.4, -0.2) is 30.8 Å². The average molecular weight is 515 g/mol. The Morgan fingerprint density at radius 3 is 2.39 bits per heavy atom. The van der Waals surface area contributed by atoms with Crippen LogP contribution in [0.1, 0.15) is 85.3 Å². The maximum Gasteiger partial charge on any atom is 0.336 e. The normalized spacial score (nSPS) is 11.6. The quantitative estimate of drug-likeness (QED) is 0.310. The van der Waals surface area contributed by atoms with Gasteiger partial charge in [-0.15, -0.1) is 0 Å². The first-order chi connectivity index (χ1) is 18.1. The van der Waals surface area contributed by atoms with E-state index in [9.17, 15) is 14.7 Å². The van der Waals surface area contributed by atoms with Crippen molar-refractivity contribution in [3.8, 4) is 11.1 Å². The molecule has 0 amide bonds. The van der Waals surface area contributed by atoms with Gasteiger partial charge >= 0.3 is 5.97 Å². The van der Waals surface area contributed by atoms with E-state index in [2.05, 4.69) is 17.1 Å². The van der Waals surface area contributed by atoms with Crippen molar-refractivity contribution in [2.75, 3.05) is 0 Å². The molecule has 0 spiro atoms. The fourth-order valence-electron chi connectivity index (χ4n) is 4.33. The van der Waals surface area contributed by atoms with Crippen LogP contribution in [0, 0.1) is 6.92 Å². The molecule has 2 aromatic heterocycles. The number of carboxylic acid groups (broad SMARTS) is 1. The number of hydrogen-bond acceptors (Lipinski definition) is 6. The van der Waals surface area contributed by atoms with E-state index in [1.807, 2.05) is 58.0 Å². The Hall–Kier alpha value is -4.07. The molecule has 8 nitrogen and oxygen atoms in total. The minimum absolute atomic E-state index is 0.106. The minimum atomic E-state index is -0.966. The predicted octanol–water partition coefficient (Wildman–Crippen LogP) is 5.58. The molecule has 0 radical (unpaired) electrons. The minimum Gasteiger partial charge on any atom is -0.478 e. The number of aromatic nitrogens is 4. The summed E-state index contributed by atoms with van der Waals surface area (Å²) in [5.41, 5.74) is 3.49. The summed E-state index contributed by atoms with van der Waals surface area (Å²) in [6.07, 6.45) is 2.87. The van der Waals surface area contributed by atoms with Crippen molar-refractivity contribution in [3.05, 3.63) is 98.8 Å². The average Bonchev–Trinajstić information content (AvgIpc) is 3.37. The second kappa shape index (κ2) is 11.1. The van der Waals surface area contributed by atoms with Crippen molar-refractivity contribution < 1.29 is 14.4 Å². The molecule has 2 heterocycles. The van der Waals surface area contributed by atoms with Gasteiger partial charge in [-0.1, -0.05) is 81.7 Å². The Kier molecular flexibility index (Phi) is 7.90. The molecule has 0 aliphatic carbocycles. The number of unbranched alkanes of at least 4 members (excludes halogenated alkanes) is 1. The molecule has 198 valence electrons. The lowest BCUT2D eigenvalue weighted by molar-refractivity contribution is 0.0697. The summed E-state index contributed by atoms with van der Waals surface area (Å²) >= 11 is 0. The fraction of sp³-hybridized carbons (Fsp3) is 0.367. The molecule has 8 heteroatoms. The Bertz CT molecular complexity index is 1490. The maximum absolute atomic E-state index is 13.8. The summed E-state index contributed by atoms with van der Waals surface area (Å²) in [6, 6.07) is 14.6. The smallest absolute Gasteiger partial charge is 0.336 e. The van der Waals surface area contributed by atoms with Gasteiger partial charge in [-0.25, -0.2) is 9.78 Å². The molecule has 4 aromatic rings. The van der Waals surface area contributed by atoms with Gasteiger partial charge < -0.3 is 9.63 Å². The van der Waals surface area contributed by atoms with E-state index in [4.69, 9.17) is 9.51 Å². The van der Waals surface area contributed by atoms with Crippen LogP contribution in [0.2, 0.25) is 0 Å². The van der Waals surface area contributed by atoms with Gasteiger partial charge in [0.25, 0.3) is 5.56 Å². The van der Waals surface area contributed by atoms with E-state index in [0.29, 0.717) is 41.5 Å². The van der Waals surface area contributed by atoms with Crippen LogP contribution in [-0.2, 0) is 24.8 Å². The molecule has 2 aromatic carbocycles. The Labute approximate surface area is 222 Å². The molecule has 0 aliphatic heterocycles. The van der Waals surface area contributed by atoms with E-state index in [0.717, 1.165) is 29.8 Å². The second-order valence-corrected chi connectivity index (χ2v) is 10.6. The first-order valence-electron chi connectivity index (χ1n) is 12.9. The monoisotopic (exact) mass is 514 g/mol. The van der Waals surface area contributed by atoms with E-state index < -0.39 is 5.97 Å². The van der Waals surface area contributed by atoms with E-state index in [1.54, 1.807) is 22.8 Å². The lowest BCUT2D eigenvalue weighted by Gasteiger charge is -2.16. The van der Waals surface area contributed by atoms with Gasteiger partial charge in [0, 0.05) is 29.5 Å². The third-order valence-electron chi connectivity index (χ3n) is 6.51. The largest absolute Gasteiger partial charge is 0.478 e. The predicted molar refractivity (Wildman–Crippen MR) is 146 cm³/mol. The van der Waals surface area contributed by atoms with Crippen molar-refractivity contribution >= 4 is 5.97 Å². The van der Waals surface area contributed by atoms with Gasteiger partial charge in [-0.3, -0.25) is 9.36 Å². The van der Waals surface area contributed by atoms with Gasteiger partial charge in [0.05, 0.1) is 12.1 Å². The van der Waals surface area contributed by atoms with Crippen molar-refractivity contribution in [1.29, 1.82) is 0 Å². The SMILES string of the molecule is CCCCc1nc(C)c(Cc2noc(C(C)(C)C)n2)c(=O)n1Cc1ccc(-c2ccccc2C(=O)O)cc1. The van der Waals surface area contributed by atoms with Crippen LogP contribution in [0.5, 0.6) is 0 Å². The molecule has 0 saturated carbocycles. The van der Waals surface area contributed by atoms with E-state index in [1.165, 1.54) is 0 Å². The lowest BCUT2D eigenvalue weighted by atomic mass is 9.97. The fourth-order valence-corrected chi connectivity index (χ4v) is 4.33. The van der Waals surface area contributed by atoms with Crippen LogP contribution in [0.15, 0.2) is 57.8 Å². The van der Waals surface area contributed by atoms with Crippen molar-refractivity contribution in [1.82, 2.24) is 19.7 Å². The van der Waals surface area contributed by atoms with Gasteiger partial charge in [0.15, 0.2) is 5.82 Å². The van der Waals surface area contributed by atoms with Gasteiger partial charge in [-0.05, 0) is 36.1 Å². The molecule has 0 atom stereocenters. The molecular formula is C30H34N4O4. The molecule has 4 rings (SSSR count). The van der Waals surface area contributed by atoms with E-state index in [-0.39, 0.29) is 23.0 Å². The Morgan fingerprint density at radius 1 is 1.05 bits per heavy atom. The Morgan fingerprint density at radius 2 is 1.76 bits per heavy atom. The first-order valence-corrected chi connectivity index (χ1v) is 12.9. The number of hydrogen-bond donors (Lipinski definition) is 1. The van der Waals surface area contributed by atoms with Crippen LogP contribution in [0.3, 0.4) is 0 Å². The standard InChI is InChI=1S/C30H34N4O4/c1-6-7-12-26-31-19(2)24(17-25-32-29(38-33-25)30(3,4)5)27(35)34(26)18-20-13-15-21(16-14-20)22-10-8-9-11-23(22)28(36)37/h8-11,13-16H,6-7,12,17-18H2,1-5H3,(H,36,37). The molecule has 38 heavy (non-hydrogen) atoms. The van der Waals surface area contributed by atoms with Crippen LogP contribution >= 0.6 is 0 Å². The summed E-state index contributed by atoms with van der Waals surface area (Å²) in [7, 11) is 0. The second-order valence-electron chi connectivity index (χ2n) is 10.6. The molecule has 0 unspecified atom stereocenters. The number of carboxylic acids is 1. The third-order valence-corrected chi connectivity index (χ3v) is 6.51. The summed E-state index contributed by atoms with van der Waals surface area (Å²) in [6.45, 7) is 10.3. The highest BCUT2D eigenvalue weighted by Gasteiger charge is 2.23. The number of aromatic carboxylic acids is 1. The third kappa shape index (κ3) is 5.90. The summed E-state index contributed by atoms with van der Waals surface area (Å²) in [4.78, 5) is 34.7. The number of carbonyl (C=O) groups is 1. The van der Waals surface area contributed by atoms with Gasteiger partial charge in [0.1, 0.15) is 5.82 Å². The van der Waals surface area contributed by atoms with Gasteiger partial charge in [-0.2, -0.15) is 4.98 Å². The molecule has 0 saturated heterocycles. The first kappa shape index (κ1) is 27.0. The number of benzene rings is 2. The zero-order valence-corrected chi connectivity index (χ0v) is 22.6. The van der Waals surface area contributed by atoms with Gasteiger partial charge in [0.2, 0.25) is 5.89 Å². The summed E-state index contributed by atoms with van der Waals surface area (Å²) in [5.74, 6) is 0.780. The van der Waals surface area contributed by atoms with E-state index >= 15 is 0 Å². The molecule has 1 N–H and O–H groups in total. The molecule has 0 fully saturated rings. The lowest BCUT2D eigenvalue weighted by Crippen LogP contribution is -2.30. The summed E-state index contributed by atoms with van der Waals surface area (Å²) < 4.78 is 7.17. The molecule has 0 bridgehead atoms. The summed E-state index contributed by atoms with van der Waals surface area (Å²) in [5, 5.41) is 13.6. The number of aryl methyl sites for hydroxylation is 2. The number of rotatable bonds is 9. The highest BCUT2D eigenvalue weighted by atomic mass is 16.5. The van der Waals surface area contributed by atoms with Crippen LogP contribution in [0.4, 0.5) is 0 Å². The van der Waals surface area contributed by atoms with Crippen molar-refractivity contribution in [3.63, 3.8) is 0 Å². The van der Waals surface area contributed by atoms with Crippen LogP contribution in [0.25, 0.3) is 11.1 Å².